The third kappa shape index (κ3) is 1.93. The van der Waals surface area contributed by atoms with Crippen molar-refractivity contribution in [1.82, 2.24) is 0 Å². The van der Waals surface area contributed by atoms with Crippen molar-refractivity contribution in [2.24, 2.45) is 0 Å². The van der Waals surface area contributed by atoms with Crippen LogP contribution in [0.4, 0.5) is 4.79 Å². The van der Waals surface area contributed by atoms with Gasteiger partial charge in [0, 0.05) is 10.9 Å². The van der Waals surface area contributed by atoms with Crippen molar-refractivity contribution in [3.63, 3.8) is 0 Å². The predicted octanol–water partition coefficient (Wildman–Crippen LogP) is 2.72. The average molecular weight is 206 g/mol. The fourth-order valence-electron chi connectivity index (χ4n) is 1.34. The minimum atomic E-state index is -0.694. The van der Waals surface area contributed by atoms with Crippen molar-refractivity contribution < 1.29 is 18.7 Å². The molecule has 0 aliphatic rings. The van der Waals surface area contributed by atoms with Gasteiger partial charge in [0.25, 0.3) is 0 Å². The van der Waals surface area contributed by atoms with E-state index >= 15 is 0 Å². The molecule has 1 aromatic carbocycles. The molecule has 0 bridgehead atoms. The van der Waals surface area contributed by atoms with E-state index in [0.29, 0.717) is 0 Å². The molecule has 0 radical (unpaired) electrons. The number of furan rings is 1. The van der Waals surface area contributed by atoms with Gasteiger partial charge in [-0.15, -0.1) is 0 Å². The van der Waals surface area contributed by atoms with E-state index in [0.717, 1.165) is 16.5 Å². The third-order valence-corrected chi connectivity index (χ3v) is 2.07. The van der Waals surface area contributed by atoms with Gasteiger partial charge < -0.3 is 13.9 Å². The van der Waals surface area contributed by atoms with Crippen LogP contribution >= 0.6 is 0 Å². The van der Waals surface area contributed by atoms with Gasteiger partial charge in [0.15, 0.2) is 0 Å². The number of fused-ring (bicyclic) bond motifs is 1. The molecule has 4 heteroatoms. The number of hydrogen-bond acceptors (Lipinski definition) is 4. The van der Waals surface area contributed by atoms with Gasteiger partial charge in [0.2, 0.25) is 0 Å². The molecule has 0 fully saturated rings. The van der Waals surface area contributed by atoms with Crippen LogP contribution in [0.5, 0.6) is 0 Å². The van der Waals surface area contributed by atoms with Gasteiger partial charge in [-0.2, -0.15) is 0 Å². The zero-order valence-corrected chi connectivity index (χ0v) is 8.23. The molecule has 0 saturated carbocycles. The largest absolute Gasteiger partial charge is 0.508 e. The van der Waals surface area contributed by atoms with E-state index in [9.17, 15) is 4.79 Å². The summed E-state index contributed by atoms with van der Waals surface area (Å²) in [6.07, 6.45) is 0.883. The number of methoxy groups -OCH3 is 1. The van der Waals surface area contributed by atoms with Crippen molar-refractivity contribution >= 4 is 17.1 Å². The Morgan fingerprint density at radius 2 is 2.20 bits per heavy atom. The van der Waals surface area contributed by atoms with Crippen LogP contribution in [-0.2, 0) is 16.1 Å². The van der Waals surface area contributed by atoms with Crippen LogP contribution in [0.25, 0.3) is 11.0 Å². The van der Waals surface area contributed by atoms with E-state index in [1.165, 1.54) is 7.11 Å². The number of carbonyl (C=O) groups is 1. The summed E-state index contributed by atoms with van der Waals surface area (Å²) in [4.78, 5) is 10.8. The van der Waals surface area contributed by atoms with Crippen molar-refractivity contribution in [1.29, 1.82) is 0 Å². The van der Waals surface area contributed by atoms with Crippen LogP contribution in [-0.4, -0.2) is 13.3 Å². The Morgan fingerprint density at radius 3 is 3.00 bits per heavy atom. The van der Waals surface area contributed by atoms with Crippen LogP contribution in [0.2, 0.25) is 0 Å². The molecule has 78 valence electrons. The summed E-state index contributed by atoms with van der Waals surface area (Å²) in [5.41, 5.74) is 1.61. The first-order valence-corrected chi connectivity index (χ1v) is 4.47. The Balaban J connectivity index is 2.18. The molecule has 1 heterocycles. The van der Waals surface area contributed by atoms with Crippen molar-refractivity contribution in [2.75, 3.05) is 7.11 Å². The Bertz CT molecular complexity index is 472. The van der Waals surface area contributed by atoms with Crippen LogP contribution in [0.1, 0.15) is 5.56 Å². The Morgan fingerprint density at radius 1 is 1.40 bits per heavy atom. The topological polar surface area (TPSA) is 48.7 Å². The summed E-state index contributed by atoms with van der Waals surface area (Å²) >= 11 is 0. The molecule has 4 nitrogen and oxygen atoms in total. The monoisotopic (exact) mass is 206 g/mol. The maximum Gasteiger partial charge on any atom is 0.508 e. The van der Waals surface area contributed by atoms with Crippen molar-refractivity contribution in [2.45, 2.75) is 6.61 Å². The Labute approximate surface area is 86.4 Å². The van der Waals surface area contributed by atoms with Crippen LogP contribution in [0.15, 0.2) is 34.9 Å². The second-order valence-corrected chi connectivity index (χ2v) is 3.00. The summed E-state index contributed by atoms with van der Waals surface area (Å²) in [6.45, 7) is 0.156. The number of para-hydroxylation sites is 1. The average Bonchev–Trinajstić information content (AvgIpc) is 2.69. The number of hydrogen-bond donors (Lipinski definition) is 0. The minimum absolute atomic E-state index is 0.156. The standard InChI is InChI=1S/C11H10O4/c1-13-11(12)15-7-8-6-14-10-5-3-2-4-9(8)10/h2-6H,7H2,1H3. The first-order chi connectivity index (χ1) is 7.31. The van der Waals surface area contributed by atoms with Crippen LogP contribution in [0.3, 0.4) is 0 Å². The second kappa shape index (κ2) is 4.04. The molecule has 0 N–H and O–H groups in total. The summed E-state index contributed by atoms with van der Waals surface area (Å²) in [5.74, 6) is 0. The van der Waals surface area contributed by atoms with E-state index in [1.54, 1.807) is 6.26 Å². The molecule has 0 aliphatic carbocycles. The van der Waals surface area contributed by atoms with Crippen molar-refractivity contribution in [3.05, 3.63) is 36.1 Å². The molecule has 0 unspecified atom stereocenters. The summed E-state index contributed by atoms with van der Waals surface area (Å²) < 4.78 is 14.5. The van der Waals surface area contributed by atoms with Gasteiger partial charge >= 0.3 is 6.16 Å². The van der Waals surface area contributed by atoms with E-state index in [4.69, 9.17) is 9.15 Å². The summed E-state index contributed by atoms with van der Waals surface area (Å²) in [6, 6.07) is 7.56. The molecule has 1 aromatic heterocycles. The lowest BCUT2D eigenvalue weighted by molar-refractivity contribution is 0.0670. The van der Waals surface area contributed by atoms with Gasteiger partial charge in [0.1, 0.15) is 12.2 Å². The summed E-state index contributed by atoms with van der Waals surface area (Å²) in [7, 11) is 1.27. The molecule has 0 amide bonds. The Kier molecular flexibility index (Phi) is 2.58. The third-order valence-electron chi connectivity index (χ3n) is 2.07. The highest BCUT2D eigenvalue weighted by atomic mass is 16.7. The van der Waals surface area contributed by atoms with E-state index in [-0.39, 0.29) is 6.61 Å². The molecule has 0 spiro atoms. The lowest BCUT2D eigenvalue weighted by Crippen LogP contribution is -2.03. The molecule has 2 rings (SSSR count). The van der Waals surface area contributed by atoms with E-state index < -0.39 is 6.16 Å². The molecule has 15 heavy (non-hydrogen) atoms. The van der Waals surface area contributed by atoms with Gasteiger partial charge in [-0.25, -0.2) is 4.79 Å². The molecule has 0 saturated heterocycles. The highest BCUT2D eigenvalue weighted by molar-refractivity contribution is 5.80. The highest BCUT2D eigenvalue weighted by Crippen LogP contribution is 2.21. The van der Waals surface area contributed by atoms with Gasteiger partial charge in [-0.1, -0.05) is 18.2 Å². The Hall–Kier alpha value is -1.97. The fourth-order valence-corrected chi connectivity index (χ4v) is 1.34. The maximum atomic E-state index is 10.8. The van der Waals surface area contributed by atoms with E-state index in [1.807, 2.05) is 24.3 Å². The summed E-state index contributed by atoms with van der Waals surface area (Å²) in [5, 5.41) is 0.946. The zero-order chi connectivity index (χ0) is 10.7. The first kappa shape index (κ1) is 9.58. The smallest absolute Gasteiger partial charge is 0.464 e. The van der Waals surface area contributed by atoms with Gasteiger partial charge in [-0.3, -0.25) is 0 Å². The SMILES string of the molecule is COC(=O)OCc1coc2ccccc12. The zero-order valence-electron chi connectivity index (χ0n) is 8.23. The molecular formula is C11H10O4. The highest BCUT2D eigenvalue weighted by Gasteiger charge is 2.07. The first-order valence-electron chi connectivity index (χ1n) is 4.47. The molecule has 0 atom stereocenters. The van der Waals surface area contributed by atoms with Gasteiger partial charge in [0.05, 0.1) is 13.4 Å². The fraction of sp³-hybridized carbons (Fsp3) is 0.182. The van der Waals surface area contributed by atoms with Crippen LogP contribution < -0.4 is 0 Å². The quantitative estimate of drug-likeness (QED) is 0.709. The molecule has 0 aliphatic heterocycles. The lowest BCUT2D eigenvalue weighted by Gasteiger charge is -2.00. The number of ether oxygens (including phenoxy) is 2. The maximum absolute atomic E-state index is 10.8. The minimum Gasteiger partial charge on any atom is -0.464 e. The molecular weight excluding hydrogens is 196 g/mol. The normalized spacial score (nSPS) is 10.2. The van der Waals surface area contributed by atoms with Crippen LogP contribution in [0, 0.1) is 0 Å². The second-order valence-electron chi connectivity index (χ2n) is 3.00. The van der Waals surface area contributed by atoms with Crippen molar-refractivity contribution in [3.8, 4) is 0 Å². The predicted molar refractivity (Wildman–Crippen MR) is 53.4 cm³/mol. The number of rotatable bonds is 2. The number of carbonyl (C=O) groups excluding carboxylic acids is 1. The molecule has 2 aromatic rings. The number of benzene rings is 1. The van der Waals surface area contributed by atoms with E-state index in [2.05, 4.69) is 4.74 Å². The van der Waals surface area contributed by atoms with Gasteiger partial charge in [-0.05, 0) is 6.07 Å². The lowest BCUT2D eigenvalue weighted by atomic mass is 10.2.